The Morgan fingerprint density at radius 1 is 1.16 bits per heavy atom. The molecular weight excluding hydrogens is 240 g/mol. The second kappa shape index (κ2) is 4.28. The summed E-state index contributed by atoms with van der Waals surface area (Å²) in [6.45, 7) is 3.81. The largest absolute Gasteiger partial charge is 0.506 e. The van der Waals surface area contributed by atoms with Gasteiger partial charge in [0.05, 0.1) is 11.1 Å². The molecule has 0 spiro atoms. The van der Waals surface area contributed by atoms with Crippen LogP contribution in [0.15, 0.2) is 30.3 Å². The zero-order valence-electron chi connectivity index (χ0n) is 10.7. The summed E-state index contributed by atoms with van der Waals surface area (Å²) in [5.41, 5.74) is 2.44. The highest BCUT2D eigenvalue weighted by molar-refractivity contribution is 5.90. The molecule has 0 aliphatic rings. The van der Waals surface area contributed by atoms with Gasteiger partial charge in [0.1, 0.15) is 23.0 Å². The van der Waals surface area contributed by atoms with Gasteiger partial charge in [0.25, 0.3) is 0 Å². The van der Waals surface area contributed by atoms with Crippen molar-refractivity contribution in [2.45, 2.75) is 13.8 Å². The van der Waals surface area contributed by atoms with Gasteiger partial charge < -0.3 is 15.4 Å². The van der Waals surface area contributed by atoms with Crippen molar-refractivity contribution < 1.29 is 5.11 Å². The molecule has 3 rings (SSSR count). The third kappa shape index (κ3) is 2.10. The molecule has 0 radical (unpaired) electrons. The number of aryl methyl sites for hydroxylation is 2. The number of fused-ring (bicyclic) bond motifs is 1. The number of phenolic OH excluding ortho intramolecular Hbond substituents is 1. The van der Waals surface area contributed by atoms with E-state index in [9.17, 15) is 5.11 Å². The second-order valence-corrected chi connectivity index (χ2v) is 4.48. The van der Waals surface area contributed by atoms with Crippen molar-refractivity contribution in [3.63, 3.8) is 0 Å². The monoisotopic (exact) mass is 254 g/mol. The summed E-state index contributed by atoms with van der Waals surface area (Å²) in [4.78, 5) is 11.9. The predicted molar refractivity (Wildman–Crippen MR) is 74.8 cm³/mol. The zero-order valence-corrected chi connectivity index (χ0v) is 10.7. The standard InChI is InChI=1S/C14H14N4O/c1-8-7-10-13(15-8)16-9(2)17-14(10)18-11-5-3-4-6-12(11)19/h3-7,19H,1-2H3,(H2,15,16,17,18). The molecule has 5 nitrogen and oxygen atoms in total. The maximum Gasteiger partial charge on any atom is 0.143 e. The van der Waals surface area contributed by atoms with Crippen molar-refractivity contribution in [1.82, 2.24) is 15.0 Å². The lowest BCUT2D eigenvalue weighted by Gasteiger charge is -2.08. The number of para-hydroxylation sites is 2. The maximum absolute atomic E-state index is 9.80. The number of nitrogens with zero attached hydrogens (tertiary/aromatic N) is 2. The van der Waals surface area contributed by atoms with Crippen molar-refractivity contribution in [1.29, 1.82) is 0 Å². The number of aromatic hydroxyl groups is 1. The van der Waals surface area contributed by atoms with Crippen molar-refractivity contribution in [2.75, 3.05) is 5.32 Å². The molecule has 19 heavy (non-hydrogen) atoms. The first kappa shape index (κ1) is 11.5. The van der Waals surface area contributed by atoms with Crippen molar-refractivity contribution in [2.24, 2.45) is 0 Å². The number of aromatic nitrogens is 3. The lowest BCUT2D eigenvalue weighted by molar-refractivity contribution is 0.477. The molecule has 96 valence electrons. The van der Waals surface area contributed by atoms with Gasteiger partial charge in [-0.3, -0.25) is 0 Å². The van der Waals surface area contributed by atoms with Gasteiger partial charge >= 0.3 is 0 Å². The van der Waals surface area contributed by atoms with Gasteiger partial charge in [0, 0.05) is 5.69 Å². The van der Waals surface area contributed by atoms with Gasteiger partial charge in [-0.05, 0) is 32.0 Å². The molecule has 0 aliphatic heterocycles. The van der Waals surface area contributed by atoms with Gasteiger partial charge in [-0.1, -0.05) is 12.1 Å². The van der Waals surface area contributed by atoms with Crippen LogP contribution < -0.4 is 5.32 Å². The van der Waals surface area contributed by atoms with Gasteiger partial charge in [0.2, 0.25) is 0 Å². The van der Waals surface area contributed by atoms with Crippen LogP contribution in [0.5, 0.6) is 5.75 Å². The van der Waals surface area contributed by atoms with Gasteiger partial charge in [-0.2, -0.15) is 0 Å². The minimum absolute atomic E-state index is 0.194. The van der Waals surface area contributed by atoms with Crippen LogP contribution >= 0.6 is 0 Å². The normalized spacial score (nSPS) is 10.8. The molecule has 0 aliphatic carbocycles. The first-order valence-electron chi connectivity index (χ1n) is 6.02. The number of H-pyrrole nitrogens is 1. The fourth-order valence-electron chi connectivity index (χ4n) is 2.05. The molecule has 3 N–H and O–H groups in total. The Balaban J connectivity index is 2.12. The highest BCUT2D eigenvalue weighted by Crippen LogP contribution is 2.29. The molecule has 5 heteroatoms. The molecule has 0 saturated heterocycles. The smallest absolute Gasteiger partial charge is 0.143 e. The first-order valence-corrected chi connectivity index (χ1v) is 6.02. The minimum Gasteiger partial charge on any atom is -0.506 e. The molecular formula is C14H14N4O. The number of hydrogen-bond donors (Lipinski definition) is 3. The quantitative estimate of drug-likeness (QED) is 0.614. The summed E-state index contributed by atoms with van der Waals surface area (Å²) in [5, 5.41) is 13.9. The number of rotatable bonds is 2. The van der Waals surface area contributed by atoms with E-state index in [0.29, 0.717) is 17.3 Å². The summed E-state index contributed by atoms with van der Waals surface area (Å²) in [7, 11) is 0. The maximum atomic E-state index is 9.80. The van der Waals surface area contributed by atoms with Crippen LogP contribution in [-0.2, 0) is 0 Å². The topological polar surface area (TPSA) is 73.8 Å². The van der Waals surface area contributed by atoms with Crippen molar-refractivity contribution >= 4 is 22.5 Å². The van der Waals surface area contributed by atoms with E-state index < -0.39 is 0 Å². The number of nitrogens with one attached hydrogen (secondary N) is 2. The number of benzene rings is 1. The summed E-state index contributed by atoms with van der Waals surface area (Å²) in [6, 6.07) is 9.06. The average molecular weight is 254 g/mol. The Hall–Kier alpha value is -2.56. The van der Waals surface area contributed by atoms with Crippen LogP contribution in [0.25, 0.3) is 11.0 Å². The number of hydrogen-bond acceptors (Lipinski definition) is 4. The van der Waals surface area contributed by atoms with Crippen molar-refractivity contribution in [3.05, 3.63) is 41.9 Å². The Labute approximate surface area is 110 Å². The predicted octanol–water partition coefficient (Wildman–Crippen LogP) is 3.02. The molecule has 0 saturated carbocycles. The highest BCUT2D eigenvalue weighted by atomic mass is 16.3. The molecule has 0 bridgehead atoms. The van der Waals surface area contributed by atoms with E-state index in [-0.39, 0.29) is 5.75 Å². The number of aromatic amines is 1. The Morgan fingerprint density at radius 3 is 2.74 bits per heavy atom. The van der Waals surface area contributed by atoms with E-state index in [0.717, 1.165) is 16.7 Å². The Kier molecular flexibility index (Phi) is 2.59. The summed E-state index contributed by atoms with van der Waals surface area (Å²) in [5.74, 6) is 1.56. The molecule has 3 aromatic rings. The lowest BCUT2D eigenvalue weighted by atomic mass is 10.2. The Morgan fingerprint density at radius 2 is 1.95 bits per heavy atom. The van der Waals surface area contributed by atoms with Crippen LogP contribution in [-0.4, -0.2) is 20.1 Å². The zero-order chi connectivity index (χ0) is 13.4. The summed E-state index contributed by atoms with van der Waals surface area (Å²) < 4.78 is 0. The fraction of sp³-hybridized carbons (Fsp3) is 0.143. The summed E-state index contributed by atoms with van der Waals surface area (Å²) in [6.07, 6.45) is 0. The molecule has 0 amide bonds. The van der Waals surface area contributed by atoms with Crippen LogP contribution in [0, 0.1) is 13.8 Å². The molecule has 2 aromatic heterocycles. The molecule has 0 unspecified atom stereocenters. The third-order valence-corrected chi connectivity index (χ3v) is 2.89. The summed E-state index contributed by atoms with van der Waals surface area (Å²) >= 11 is 0. The van der Waals surface area contributed by atoms with E-state index in [2.05, 4.69) is 20.3 Å². The van der Waals surface area contributed by atoms with E-state index >= 15 is 0 Å². The lowest BCUT2D eigenvalue weighted by Crippen LogP contribution is -1.98. The van der Waals surface area contributed by atoms with Gasteiger partial charge in [-0.25, -0.2) is 9.97 Å². The SMILES string of the molecule is Cc1nc(Nc2ccccc2O)c2cc(C)[nH]c2n1. The van der Waals surface area contributed by atoms with Gasteiger partial charge in [0.15, 0.2) is 0 Å². The molecule has 0 fully saturated rings. The number of phenols is 1. The van der Waals surface area contributed by atoms with E-state index in [4.69, 9.17) is 0 Å². The minimum atomic E-state index is 0.194. The van der Waals surface area contributed by atoms with Crippen LogP contribution in [0.4, 0.5) is 11.5 Å². The molecule has 2 heterocycles. The average Bonchev–Trinajstić information content (AvgIpc) is 2.72. The van der Waals surface area contributed by atoms with Crippen LogP contribution in [0.2, 0.25) is 0 Å². The fourth-order valence-corrected chi connectivity index (χ4v) is 2.05. The van der Waals surface area contributed by atoms with E-state index in [1.807, 2.05) is 26.0 Å². The van der Waals surface area contributed by atoms with Crippen LogP contribution in [0.3, 0.4) is 0 Å². The molecule has 0 atom stereocenters. The van der Waals surface area contributed by atoms with E-state index in [1.165, 1.54) is 0 Å². The van der Waals surface area contributed by atoms with Crippen LogP contribution in [0.1, 0.15) is 11.5 Å². The number of anilines is 2. The van der Waals surface area contributed by atoms with Crippen molar-refractivity contribution in [3.8, 4) is 5.75 Å². The van der Waals surface area contributed by atoms with Gasteiger partial charge in [-0.15, -0.1) is 0 Å². The Bertz CT molecular complexity index is 748. The highest BCUT2D eigenvalue weighted by Gasteiger charge is 2.09. The third-order valence-electron chi connectivity index (χ3n) is 2.89. The second-order valence-electron chi connectivity index (χ2n) is 4.48. The molecule has 1 aromatic carbocycles. The van der Waals surface area contributed by atoms with E-state index in [1.54, 1.807) is 18.2 Å². The first-order chi connectivity index (χ1) is 9.13.